The van der Waals surface area contributed by atoms with Crippen molar-refractivity contribution in [2.45, 2.75) is 250 Å². The number of sulfonamides is 8. The normalized spacial score (nSPS) is 22.3. The number of carbonyl (C=O) groups is 5. The molecule has 0 saturated heterocycles. The van der Waals surface area contributed by atoms with Crippen molar-refractivity contribution in [3.05, 3.63) is 69.8 Å². The standard InChI is InChI=1S/2C14H23N3O6S3.C13H21N3O5S3.C13H21N3O4S3.2C12H18N2O5S3/c1-4-17(10(2)18)12-9-16(6-5-7-23-3)26(21,22)14-11(12)8-13(24-14)25(15,19)20;1-4-15-12-9-17(6-5-7-23-3)26(21,22)14-11(12)8-13(24-14)25(19,20)16-10(2)18;1-4-16(7-15-9(3)17)11-5-8(2)23(18,19)13-10(11)6-12(22-13)24(14,20)21;1-5-14-11-6-9(2)22(17,18)13-10(11)7-12(21-13)23(19,20)15-8-16(3)4;1-4-14(8(3)15)10-5-7(2)21(16,17)12-9(10)6-11(20-12)22(13,18)19;1-4-13-10-5-7(2)21(16,17)12-9(10)6-11(20-12)22(18,19)14-8(3)15/h8,12H,4-7,9H2,1-3H3,(H2,15,19,20);8,12,15H,4-7,9H2,1-3H3,(H,16,18);6,8,11H,4-5,7H2,1-3H3,(H,15,17)(H2,14,20,21);7-9,11,14H,5-6H2,1-4H3;6-7,10H,4-5H2,1-3H3,(H2,13,18,19);6-7,10,13H,4-5H2,1-3H3,(H,14,15)/t2*12-;8-,11-;9-,11-;2*7-,10-/m000000/s1. The zero-order valence-corrected chi connectivity index (χ0v) is 96.3. The Kier molecular flexibility index (Phi) is 42.8. The second-order valence-corrected chi connectivity index (χ2v) is 65.4. The monoisotopic (exact) mass is 2360 g/mol. The van der Waals surface area contributed by atoms with Crippen molar-refractivity contribution in [2.75, 3.05) is 114 Å². The van der Waals surface area contributed by atoms with Crippen LogP contribution in [0.1, 0.15) is 212 Å². The fourth-order valence-corrected chi connectivity index (χ4v) is 43.7. The molecule has 0 aliphatic carbocycles. The maximum Gasteiger partial charge on any atom is 0.293 e. The van der Waals surface area contributed by atoms with E-state index >= 15 is 0 Å². The van der Waals surface area contributed by atoms with Gasteiger partial charge in [0.25, 0.3) is 50.1 Å². The van der Waals surface area contributed by atoms with Crippen molar-refractivity contribution in [2.24, 2.45) is 19.8 Å². The van der Waals surface area contributed by atoms with Gasteiger partial charge in [-0.25, -0.2) is 117 Å². The SMILES string of the molecule is CCN(C(C)=O)[C@H]1CN(CCCOC)S(=O)(=O)c2sc(S(N)(=O)=O)cc21.CCN(C(C)=O)[C@H]1C[C@H](C)S(=O)(=O)c2sc(S(N)(=O)=O)cc21.CCN(CNC(C)=O)[C@H]1C[C@H](C)S(=O)(=O)c2sc(S(N)(=O)=O)cc21.CCN[C@H]1CN(CCCOC)S(=O)(=O)c2sc(S(=O)(=O)NC(C)=O)cc21.CCN[C@H]1C[C@H](C)S(=O)(=O)c2sc(S(=O)(=O)N=CN(C)C)cc21.CCN[C@H]1C[C@H](C)S(=O)(=O)c2sc(S(=O)(=O)NC(C)=O)cc21. The van der Waals surface area contributed by atoms with Gasteiger partial charge >= 0.3 is 0 Å². The number of hydrogen-bond donors (Lipinski definition) is 9. The van der Waals surface area contributed by atoms with Crippen LogP contribution in [-0.2, 0) is 153 Å². The highest BCUT2D eigenvalue weighted by Gasteiger charge is 2.49. The summed E-state index contributed by atoms with van der Waals surface area (Å²) in [6, 6.07) is 6.02. The molecule has 0 unspecified atom stereocenters. The summed E-state index contributed by atoms with van der Waals surface area (Å²) in [5.74, 6) is -2.05. The molecule has 143 heavy (non-hydrogen) atoms. The van der Waals surface area contributed by atoms with Crippen molar-refractivity contribution in [3.63, 3.8) is 0 Å². The second kappa shape index (κ2) is 49.4. The van der Waals surface area contributed by atoms with Crippen LogP contribution in [0.5, 0.6) is 0 Å². The van der Waals surface area contributed by atoms with Crippen molar-refractivity contribution in [3.8, 4) is 0 Å². The third-order valence-electron chi connectivity index (χ3n) is 22.8. The predicted octanol–water partition coefficient (Wildman–Crippen LogP) is 3.93. The Morgan fingerprint density at radius 1 is 0.420 bits per heavy atom. The Labute approximate surface area is 862 Å². The van der Waals surface area contributed by atoms with Gasteiger partial charge in [-0.2, -0.15) is 17.0 Å². The number of thiophene rings is 6. The van der Waals surface area contributed by atoms with E-state index in [0.29, 0.717) is 175 Å². The average Bonchev–Trinajstić information content (AvgIpc) is 1.27. The van der Waals surface area contributed by atoms with Crippen LogP contribution in [0.2, 0.25) is 0 Å². The van der Waals surface area contributed by atoms with E-state index in [1.807, 2.05) is 42.0 Å². The first kappa shape index (κ1) is 124. The molecule has 0 spiro atoms. The van der Waals surface area contributed by atoms with Crippen LogP contribution in [0.25, 0.3) is 0 Å². The summed E-state index contributed by atoms with van der Waals surface area (Å²) in [6.07, 6.45) is 3.59. The minimum absolute atomic E-state index is 0.0000231. The molecule has 6 aromatic rings. The van der Waals surface area contributed by atoms with Crippen LogP contribution < -0.4 is 46.1 Å². The highest BCUT2D eigenvalue weighted by molar-refractivity contribution is 7.98. The molecule has 0 bridgehead atoms. The third-order valence-corrected chi connectivity index (χ3v) is 55.2. The van der Waals surface area contributed by atoms with Crippen LogP contribution in [0, 0.1) is 0 Å². The molecule has 0 saturated carbocycles. The molecule has 0 fully saturated rings. The van der Waals surface area contributed by atoms with E-state index in [-0.39, 0.29) is 132 Å². The smallest absolute Gasteiger partial charge is 0.293 e. The van der Waals surface area contributed by atoms with Gasteiger partial charge in [0.15, 0.2) is 39.3 Å². The van der Waals surface area contributed by atoms with E-state index in [4.69, 9.17) is 24.9 Å². The lowest BCUT2D eigenvalue weighted by Gasteiger charge is -2.37. The van der Waals surface area contributed by atoms with E-state index in [0.717, 1.165) is 25.2 Å². The van der Waals surface area contributed by atoms with Gasteiger partial charge in [0.1, 0.15) is 56.8 Å². The molecule has 65 heteroatoms. The fourth-order valence-electron chi connectivity index (χ4n) is 15.9. The number of amides is 5. The summed E-state index contributed by atoms with van der Waals surface area (Å²) >= 11 is 4.12. The third kappa shape index (κ3) is 29.4. The number of sulfone groups is 4. The summed E-state index contributed by atoms with van der Waals surface area (Å²) in [7, 11) is -39.5. The number of nitrogens with zero attached hydrogens (tertiary/aromatic N) is 7. The van der Waals surface area contributed by atoms with E-state index in [9.17, 15) is 125 Å². The topological polar surface area (TPSA) is 696 Å². The number of carbonyl (C=O) groups excluding carboxylic acids is 5. The van der Waals surface area contributed by atoms with Gasteiger partial charge in [-0.05, 0) is 143 Å². The van der Waals surface area contributed by atoms with Gasteiger partial charge in [-0.1, -0.05) is 27.7 Å². The lowest BCUT2D eigenvalue weighted by molar-refractivity contribution is -0.132. The maximum absolute atomic E-state index is 12.9. The van der Waals surface area contributed by atoms with Crippen molar-refractivity contribution in [1.82, 2.24) is 58.9 Å². The van der Waals surface area contributed by atoms with E-state index in [1.54, 1.807) is 67.6 Å². The van der Waals surface area contributed by atoms with Crippen molar-refractivity contribution in [1.29, 1.82) is 0 Å². The first-order valence-electron chi connectivity index (χ1n) is 43.9. The minimum Gasteiger partial charge on any atom is -0.385 e. The van der Waals surface area contributed by atoms with E-state index in [1.165, 1.54) is 89.0 Å². The van der Waals surface area contributed by atoms with E-state index < -0.39 is 164 Å². The quantitative estimate of drug-likeness (QED) is 0.0125. The molecular weight excluding hydrogens is 2230 g/mol. The predicted molar refractivity (Wildman–Crippen MR) is 542 cm³/mol. The Bertz CT molecular complexity index is 7180. The molecule has 12 rings (SSSR count). The molecular formula is C78H124N16O31S18. The van der Waals surface area contributed by atoms with Gasteiger partial charge < -0.3 is 45.4 Å². The number of nitrogens with two attached hydrogens (primary N) is 3. The van der Waals surface area contributed by atoms with Gasteiger partial charge in [0.2, 0.25) is 59.6 Å². The molecule has 6 aliphatic heterocycles. The van der Waals surface area contributed by atoms with Crippen LogP contribution >= 0.6 is 68.0 Å². The van der Waals surface area contributed by atoms with Crippen LogP contribution in [0.15, 0.2) is 91.3 Å². The average molecular weight is 2360 g/mol. The Morgan fingerprint density at radius 3 is 1.08 bits per heavy atom. The number of nitrogens with one attached hydrogen (secondary N) is 6. The number of methoxy groups -OCH3 is 2. The van der Waals surface area contributed by atoms with Gasteiger partial charge in [0.05, 0.1) is 39.8 Å². The molecule has 810 valence electrons. The molecule has 6 aromatic heterocycles. The fraction of sp³-hybridized carbons (Fsp3) is 0.615. The van der Waals surface area contributed by atoms with Gasteiger partial charge in [-0.3, -0.25) is 28.9 Å². The molecule has 47 nitrogen and oxygen atoms in total. The zero-order chi connectivity index (χ0) is 109. The van der Waals surface area contributed by atoms with Gasteiger partial charge in [-0.15, -0.1) is 72.4 Å². The molecule has 12 heterocycles. The molecule has 10 atom stereocenters. The number of likely N-dealkylation sites (N-methyl/N-ethyl adjacent to an activating group) is 2. The van der Waals surface area contributed by atoms with Crippen LogP contribution in [0.3, 0.4) is 0 Å². The number of fused-ring (bicyclic) bond motifs is 6. The van der Waals surface area contributed by atoms with Crippen molar-refractivity contribution < 1.29 is 134 Å². The minimum atomic E-state index is -4.09. The highest BCUT2D eigenvalue weighted by Crippen LogP contribution is 2.50. The van der Waals surface area contributed by atoms with Crippen LogP contribution in [-0.4, -0.2) is 300 Å². The Morgan fingerprint density at radius 2 is 0.727 bits per heavy atom. The Hall–Kier alpha value is -6.02. The first-order chi connectivity index (χ1) is 65.8. The maximum atomic E-state index is 12.9. The lowest BCUT2D eigenvalue weighted by atomic mass is 10.0. The molecule has 12 N–H and O–H groups in total. The summed E-state index contributed by atoms with van der Waals surface area (Å²) in [6.45, 7) is 29.1. The number of hydrogen-bond acceptors (Lipinski definition) is 41. The van der Waals surface area contributed by atoms with Crippen molar-refractivity contribution >= 4 is 223 Å². The number of ether oxygens (including phenoxy) is 2. The van der Waals surface area contributed by atoms with E-state index in [2.05, 4.69) is 25.7 Å². The largest absolute Gasteiger partial charge is 0.385 e. The zero-order valence-electron chi connectivity index (χ0n) is 81.6. The number of rotatable bonds is 32. The summed E-state index contributed by atoms with van der Waals surface area (Å²) in [4.78, 5) is 63.6. The molecule has 0 aromatic carbocycles. The molecule has 0 radical (unpaired) electrons. The second-order valence-electron chi connectivity index (χ2n) is 33.5. The highest BCUT2D eigenvalue weighted by atomic mass is 32.3. The summed E-state index contributed by atoms with van der Waals surface area (Å²) < 4.78 is 314. The lowest BCUT2D eigenvalue weighted by Crippen LogP contribution is -2.46. The number of primary sulfonamides is 3. The summed E-state index contributed by atoms with van der Waals surface area (Å²) in [5.41, 5.74) is 2.52. The Balaban J connectivity index is 0.000000233. The first-order valence-corrected chi connectivity index (χ1v) is 67.0. The van der Waals surface area contributed by atoms with Crippen LogP contribution in [0.4, 0.5) is 0 Å². The summed E-state index contributed by atoms with van der Waals surface area (Å²) in [5, 5.41) is 25.3. The molecule has 6 aliphatic rings. The van der Waals surface area contributed by atoms with Gasteiger partial charge in [0, 0.05) is 173 Å². The molecule has 5 amide bonds.